The summed E-state index contributed by atoms with van der Waals surface area (Å²) >= 11 is 0. The van der Waals surface area contributed by atoms with Crippen LogP contribution in [0.3, 0.4) is 0 Å². The van der Waals surface area contributed by atoms with E-state index in [9.17, 15) is 19.7 Å². The monoisotopic (exact) mass is 435 g/mol. The van der Waals surface area contributed by atoms with Crippen LogP contribution in [0, 0.1) is 16.0 Å². The summed E-state index contributed by atoms with van der Waals surface area (Å²) in [4.78, 5) is 41.0. The van der Waals surface area contributed by atoms with Crippen LogP contribution in [-0.2, 0) is 11.2 Å². The van der Waals surface area contributed by atoms with E-state index in [4.69, 9.17) is 0 Å². The van der Waals surface area contributed by atoms with Crippen LogP contribution < -0.4 is 15.8 Å². The SMILES string of the molecule is CC1CCN(c2ccc(C(=O)NNC(=O)Cc3c[nH]c4ccccc34)cc2[N+](=O)[O-])CC1. The Bertz CT molecular complexity index is 1160. The predicted octanol–water partition coefficient (Wildman–Crippen LogP) is 3.32. The van der Waals surface area contributed by atoms with E-state index in [1.807, 2.05) is 29.2 Å². The third kappa shape index (κ3) is 4.56. The van der Waals surface area contributed by atoms with Gasteiger partial charge in [-0.05, 0) is 42.5 Å². The summed E-state index contributed by atoms with van der Waals surface area (Å²) in [6.45, 7) is 3.67. The Morgan fingerprint density at radius 3 is 2.66 bits per heavy atom. The van der Waals surface area contributed by atoms with Crippen molar-refractivity contribution in [3.63, 3.8) is 0 Å². The minimum Gasteiger partial charge on any atom is -0.366 e. The molecular formula is C23H25N5O4. The third-order valence-corrected chi connectivity index (χ3v) is 5.90. The van der Waals surface area contributed by atoms with Crippen molar-refractivity contribution >= 4 is 34.1 Å². The van der Waals surface area contributed by atoms with Crippen molar-refractivity contribution in [1.82, 2.24) is 15.8 Å². The first-order chi connectivity index (χ1) is 15.4. The maximum absolute atomic E-state index is 12.5. The number of hydrogen-bond donors (Lipinski definition) is 3. The lowest BCUT2D eigenvalue weighted by molar-refractivity contribution is -0.384. The van der Waals surface area contributed by atoms with Crippen LogP contribution in [0.25, 0.3) is 10.9 Å². The zero-order valence-corrected chi connectivity index (χ0v) is 17.8. The third-order valence-electron chi connectivity index (χ3n) is 5.90. The van der Waals surface area contributed by atoms with Crippen LogP contribution in [0.5, 0.6) is 0 Å². The van der Waals surface area contributed by atoms with E-state index < -0.39 is 16.7 Å². The number of nitro benzene ring substituents is 1. The maximum Gasteiger partial charge on any atom is 0.293 e. The van der Waals surface area contributed by atoms with Crippen LogP contribution in [0.4, 0.5) is 11.4 Å². The smallest absolute Gasteiger partial charge is 0.293 e. The number of H-pyrrole nitrogens is 1. The first kappa shape index (κ1) is 21.4. The number of para-hydroxylation sites is 1. The van der Waals surface area contributed by atoms with Crippen molar-refractivity contribution in [2.24, 2.45) is 5.92 Å². The largest absolute Gasteiger partial charge is 0.366 e. The van der Waals surface area contributed by atoms with E-state index in [0.29, 0.717) is 11.6 Å². The number of rotatable bonds is 5. The molecule has 2 heterocycles. The Morgan fingerprint density at radius 2 is 1.91 bits per heavy atom. The fourth-order valence-corrected chi connectivity index (χ4v) is 4.02. The highest BCUT2D eigenvalue weighted by Gasteiger charge is 2.25. The van der Waals surface area contributed by atoms with Gasteiger partial charge in [-0.3, -0.25) is 30.6 Å². The molecule has 3 aromatic rings. The number of nitro groups is 1. The lowest BCUT2D eigenvalue weighted by atomic mass is 9.98. The summed E-state index contributed by atoms with van der Waals surface area (Å²) < 4.78 is 0. The molecule has 0 atom stereocenters. The number of nitrogens with one attached hydrogen (secondary N) is 3. The number of fused-ring (bicyclic) bond motifs is 1. The van der Waals surface area contributed by atoms with Crippen molar-refractivity contribution in [2.75, 3.05) is 18.0 Å². The van der Waals surface area contributed by atoms with Crippen molar-refractivity contribution in [1.29, 1.82) is 0 Å². The fourth-order valence-electron chi connectivity index (χ4n) is 4.02. The maximum atomic E-state index is 12.5. The Kier molecular flexibility index (Phi) is 6.07. The van der Waals surface area contributed by atoms with Gasteiger partial charge in [-0.15, -0.1) is 0 Å². The Labute approximate surface area is 184 Å². The van der Waals surface area contributed by atoms with Crippen molar-refractivity contribution in [3.8, 4) is 0 Å². The van der Waals surface area contributed by atoms with Gasteiger partial charge < -0.3 is 9.88 Å². The average molecular weight is 435 g/mol. The van der Waals surface area contributed by atoms with Gasteiger partial charge in [-0.1, -0.05) is 25.1 Å². The van der Waals surface area contributed by atoms with Gasteiger partial charge in [0.15, 0.2) is 0 Å². The first-order valence-electron chi connectivity index (χ1n) is 10.6. The molecule has 9 heteroatoms. The molecule has 0 saturated carbocycles. The summed E-state index contributed by atoms with van der Waals surface area (Å²) in [6.07, 6.45) is 3.79. The average Bonchev–Trinajstić information content (AvgIpc) is 3.20. The summed E-state index contributed by atoms with van der Waals surface area (Å²) in [7, 11) is 0. The van der Waals surface area contributed by atoms with Crippen LogP contribution in [0.2, 0.25) is 0 Å². The number of aromatic nitrogens is 1. The van der Waals surface area contributed by atoms with E-state index >= 15 is 0 Å². The van der Waals surface area contributed by atoms with E-state index in [-0.39, 0.29) is 17.7 Å². The number of benzene rings is 2. The number of nitrogens with zero attached hydrogens (tertiary/aromatic N) is 2. The lowest BCUT2D eigenvalue weighted by Gasteiger charge is -2.31. The molecule has 0 spiro atoms. The molecule has 2 aromatic carbocycles. The Hall–Kier alpha value is -3.88. The zero-order valence-electron chi connectivity index (χ0n) is 17.8. The molecule has 3 N–H and O–H groups in total. The molecule has 166 valence electrons. The van der Waals surface area contributed by atoms with Crippen molar-refractivity contribution in [2.45, 2.75) is 26.2 Å². The van der Waals surface area contributed by atoms with Gasteiger partial charge >= 0.3 is 0 Å². The summed E-state index contributed by atoms with van der Waals surface area (Å²) in [5, 5.41) is 12.6. The van der Waals surface area contributed by atoms with Gasteiger partial charge in [0.25, 0.3) is 11.6 Å². The summed E-state index contributed by atoms with van der Waals surface area (Å²) in [6, 6.07) is 12.0. The molecule has 1 aliphatic heterocycles. The quantitative estimate of drug-likeness (QED) is 0.419. The highest BCUT2D eigenvalue weighted by Crippen LogP contribution is 2.32. The van der Waals surface area contributed by atoms with Gasteiger partial charge in [-0.25, -0.2) is 0 Å². The van der Waals surface area contributed by atoms with Crippen LogP contribution >= 0.6 is 0 Å². The highest BCUT2D eigenvalue weighted by atomic mass is 16.6. The number of amides is 2. The molecule has 1 saturated heterocycles. The second-order valence-electron chi connectivity index (χ2n) is 8.17. The number of carbonyl (C=O) groups excluding carboxylic acids is 2. The lowest BCUT2D eigenvalue weighted by Crippen LogP contribution is -2.42. The second kappa shape index (κ2) is 9.09. The molecule has 4 rings (SSSR count). The number of carbonyl (C=O) groups is 2. The van der Waals surface area contributed by atoms with Gasteiger partial charge in [0, 0.05) is 41.8 Å². The molecule has 1 aromatic heterocycles. The molecule has 1 fully saturated rings. The van der Waals surface area contributed by atoms with Gasteiger partial charge in [0.2, 0.25) is 5.91 Å². The summed E-state index contributed by atoms with van der Waals surface area (Å²) in [5.74, 6) is -0.404. The number of piperidine rings is 1. The van der Waals surface area contributed by atoms with Gasteiger partial charge in [-0.2, -0.15) is 0 Å². The predicted molar refractivity (Wildman–Crippen MR) is 121 cm³/mol. The van der Waals surface area contributed by atoms with Gasteiger partial charge in [0.05, 0.1) is 11.3 Å². The Balaban J connectivity index is 1.41. The highest BCUT2D eigenvalue weighted by molar-refractivity contribution is 5.97. The molecule has 0 bridgehead atoms. The zero-order chi connectivity index (χ0) is 22.7. The molecule has 32 heavy (non-hydrogen) atoms. The van der Waals surface area contributed by atoms with Crippen LogP contribution in [0.1, 0.15) is 35.7 Å². The molecule has 9 nitrogen and oxygen atoms in total. The van der Waals surface area contributed by atoms with Gasteiger partial charge in [0.1, 0.15) is 5.69 Å². The number of hydrogen-bond acceptors (Lipinski definition) is 5. The van der Waals surface area contributed by atoms with Crippen LogP contribution in [-0.4, -0.2) is 34.8 Å². The molecule has 0 radical (unpaired) electrons. The molecular weight excluding hydrogens is 410 g/mol. The number of hydrazine groups is 1. The minimum absolute atomic E-state index is 0.0801. The second-order valence-corrected chi connectivity index (χ2v) is 8.17. The fraction of sp³-hybridized carbons (Fsp3) is 0.304. The van der Waals surface area contributed by atoms with E-state index in [1.54, 1.807) is 18.3 Å². The van der Waals surface area contributed by atoms with E-state index in [1.165, 1.54) is 6.07 Å². The first-order valence-corrected chi connectivity index (χ1v) is 10.6. The Morgan fingerprint density at radius 1 is 1.16 bits per heavy atom. The molecule has 2 amide bonds. The van der Waals surface area contributed by atoms with E-state index in [0.717, 1.165) is 42.4 Å². The summed E-state index contributed by atoms with van der Waals surface area (Å²) in [5.41, 5.74) is 6.97. The van der Waals surface area contributed by atoms with Crippen molar-refractivity contribution < 1.29 is 14.5 Å². The standard InChI is InChI=1S/C23H25N5O4/c1-15-8-10-27(11-9-15)20-7-6-16(12-21(20)28(31)32)23(30)26-25-22(29)13-17-14-24-19-5-3-2-4-18(17)19/h2-7,12,14-15,24H,8-11,13H2,1H3,(H,25,29)(H,26,30). The normalized spacial score (nSPS) is 14.3. The molecule has 1 aliphatic rings. The topological polar surface area (TPSA) is 120 Å². The molecule has 0 unspecified atom stereocenters. The number of aromatic amines is 1. The molecule has 0 aliphatic carbocycles. The minimum atomic E-state index is -0.612. The van der Waals surface area contributed by atoms with Crippen LogP contribution in [0.15, 0.2) is 48.7 Å². The number of anilines is 1. The van der Waals surface area contributed by atoms with Crippen molar-refractivity contribution in [3.05, 3.63) is 69.9 Å². The van der Waals surface area contributed by atoms with E-state index in [2.05, 4.69) is 22.8 Å².